The van der Waals surface area contributed by atoms with Gasteiger partial charge < -0.3 is 33.3 Å². The number of unbranched alkanes of at least 4 members (excludes halogenated alkanes) is 29. The first-order chi connectivity index (χ1) is 36.5. The van der Waals surface area contributed by atoms with Crippen LogP contribution in [0.2, 0.25) is 0 Å². The van der Waals surface area contributed by atoms with Crippen molar-refractivity contribution in [2.75, 3.05) is 0 Å². The molecule has 0 aliphatic carbocycles. The van der Waals surface area contributed by atoms with Crippen LogP contribution in [0.5, 0.6) is 0 Å². The summed E-state index contributed by atoms with van der Waals surface area (Å²) in [4.78, 5) is 78.2. The lowest BCUT2D eigenvalue weighted by atomic mass is 9.99. The van der Waals surface area contributed by atoms with E-state index < -0.39 is 0 Å². The van der Waals surface area contributed by atoms with E-state index in [1.807, 2.05) is 0 Å². The van der Waals surface area contributed by atoms with Crippen molar-refractivity contribution in [2.24, 2.45) is 0 Å². The number of esters is 4. The quantitative estimate of drug-likeness (QED) is 0.0324. The van der Waals surface area contributed by atoms with Crippen molar-refractivity contribution in [1.82, 2.24) is 0 Å². The summed E-state index contributed by atoms with van der Waals surface area (Å²) in [6.45, 7) is 17.5. The number of carbonyl (C=O) groups is 7. The number of rotatable bonds is 52. The van der Waals surface area contributed by atoms with Crippen LogP contribution in [-0.4, -0.2) is 65.6 Å². The number of ketones is 3. The molecule has 0 aromatic rings. The first kappa shape index (κ1) is 77.1. The molecule has 0 amide bonds. The van der Waals surface area contributed by atoms with Gasteiger partial charge in [-0.05, 0) is 117 Å². The first-order valence-corrected chi connectivity index (χ1v) is 31.7. The van der Waals surface area contributed by atoms with Crippen molar-refractivity contribution in [2.45, 2.75) is 376 Å². The Kier molecular flexibility index (Phi) is 60.4. The SMILES string of the molecule is CCCCCCCCC(CCCCCCCCC(C)=O)OC(C)=O.CCCCCCCCC(OC(C)=O)C(CCCCCCCC(C)=O)OC(C)=O.CCCCCCCCCC(CCCCCCCC(C)=O)OC(C)=O. The van der Waals surface area contributed by atoms with Crippen LogP contribution in [0.15, 0.2) is 0 Å². The Hall–Kier alpha value is -3.11. The van der Waals surface area contributed by atoms with E-state index in [2.05, 4.69) is 20.8 Å². The first-order valence-electron chi connectivity index (χ1n) is 31.7. The van der Waals surface area contributed by atoms with Gasteiger partial charge in [-0.15, -0.1) is 0 Å². The molecule has 0 spiro atoms. The zero-order valence-corrected chi connectivity index (χ0v) is 51.4. The second-order valence-corrected chi connectivity index (χ2v) is 22.2. The molecule has 0 heterocycles. The van der Waals surface area contributed by atoms with Crippen molar-refractivity contribution in [3.8, 4) is 0 Å². The van der Waals surface area contributed by atoms with Crippen LogP contribution >= 0.6 is 0 Å². The van der Waals surface area contributed by atoms with Crippen molar-refractivity contribution < 1.29 is 52.5 Å². The smallest absolute Gasteiger partial charge is 0.303 e. The molecular formula is C65H122O11. The van der Waals surface area contributed by atoms with E-state index in [0.717, 1.165) is 122 Å². The Morgan fingerprint density at radius 2 is 0.421 bits per heavy atom. The summed E-state index contributed by atoms with van der Waals surface area (Å²) < 4.78 is 22.0. The maximum atomic E-state index is 11.5. The van der Waals surface area contributed by atoms with Gasteiger partial charge in [0, 0.05) is 47.0 Å². The van der Waals surface area contributed by atoms with E-state index in [1.165, 1.54) is 169 Å². The van der Waals surface area contributed by atoms with E-state index in [0.29, 0.717) is 30.8 Å². The van der Waals surface area contributed by atoms with E-state index in [9.17, 15) is 33.6 Å². The van der Waals surface area contributed by atoms with Gasteiger partial charge in [-0.3, -0.25) is 19.2 Å². The Morgan fingerprint density at radius 1 is 0.237 bits per heavy atom. The second-order valence-electron chi connectivity index (χ2n) is 22.2. The molecule has 0 saturated carbocycles. The van der Waals surface area contributed by atoms with Crippen molar-refractivity contribution >= 4 is 41.2 Å². The van der Waals surface area contributed by atoms with Crippen LogP contribution in [0.1, 0.15) is 352 Å². The Balaban J connectivity index is -0.00000106. The van der Waals surface area contributed by atoms with Gasteiger partial charge in [0.2, 0.25) is 0 Å². The van der Waals surface area contributed by atoms with Crippen LogP contribution in [0.4, 0.5) is 0 Å². The van der Waals surface area contributed by atoms with Crippen LogP contribution in [0, 0.1) is 0 Å². The average Bonchev–Trinajstić information content (AvgIpc) is 3.34. The molecule has 0 fully saturated rings. The number of carbonyl (C=O) groups excluding carboxylic acids is 7. The third-order valence-electron chi connectivity index (χ3n) is 13.9. The Labute approximate surface area is 468 Å². The minimum atomic E-state index is -0.366. The highest BCUT2D eigenvalue weighted by molar-refractivity contribution is 5.76. The van der Waals surface area contributed by atoms with E-state index in [1.54, 1.807) is 20.8 Å². The fourth-order valence-electron chi connectivity index (χ4n) is 9.65. The van der Waals surface area contributed by atoms with Crippen LogP contribution in [0.25, 0.3) is 0 Å². The molecule has 11 nitrogen and oxygen atoms in total. The molecule has 4 unspecified atom stereocenters. The standard InChI is InChI=1S/C23H42O5.2C21H40O3/c1-5-6-7-8-11-14-17-22(27-20(3)25)23(28-21(4)26)18-15-12-9-10-13-16-19(2)24;1-4-5-6-7-11-14-17-21(24-20(3)23)18-15-12-9-8-10-13-16-19(2)22;1-4-5-6-7-8-11-14-17-21(24-20(3)23)18-15-12-9-10-13-16-19(2)22/h22-23H,5-18H2,1-4H3;2*21H,4-18H2,1-3H3. The van der Waals surface area contributed by atoms with Crippen LogP contribution in [0.3, 0.4) is 0 Å². The molecule has 0 N–H and O–H groups in total. The molecule has 0 radical (unpaired) electrons. The van der Waals surface area contributed by atoms with Crippen LogP contribution in [-0.2, 0) is 52.5 Å². The maximum Gasteiger partial charge on any atom is 0.303 e. The molecular weight excluding hydrogens is 957 g/mol. The predicted octanol–water partition coefficient (Wildman–Crippen LogP) is 18.7. The van der Waals surface area contributed by atoms with Crippen LogP contribution < -0.4 is 0 Å². The highest BCUT2D eigenvalue weighted by Gasteiger charge is 2.26. The van der Waals surface area contributed by atoms with Gasteiger partial charge in [0.15, 0.2) is 0 Å². The predicted molar refractivity (Wildman–Crippen MR) is 314 cm³/mol. The summed E-state index contributed by atoms with van der Waals surface area (Å²) in [5.41, 5.74) is 0. The molecule has 4 atom stereocenters. The van der Waals surface area contributed by atoms with Gasteiger partial charge in [0.05, 0.1) is 0 Å². The lowest BCUT2D eigenvalue weighted by Crippen LogP contribution is -2.34. The zero-order chi connectivity index (χ0) is 57.3. The maximum absolute atomic E-state index is 11.5. The van der Waals surface area contributed by atoms with Gasteiger partial charge >= 0.3 is 23.9 Å². The number of hydrogen-bond donors (Lipinski definition) is 0. The molecule has 76 heavy (non-hydrogen) atoms. The number of Topliss-reactive ketones (excluding diaryl/α,β-unsaturated/α-hetero) is 3. The molecule has 0 aromatic heterocycles. The van der Waals surface area contributed by atoms with Gasteiger partial charge in [-0.1, -0.05) is 188 Å². The normalized spacial score (nSPS) is 12.4. The van der Waals surface area contributed by atoms with Gasteiger partial charge in [-0.25, -0.2) is 0 Å². The minimum absolute atomic E-state index is 0.107. The van der Waals surface area contributed by atoms with Gasteiger partial charge in [-0.2, -0.15) is 0 Å². The number of ether oxygens (including phenoxy) is 4. The fourth-order valence-corrected chi connectivity index (χ4v) is 9.65. The summed E-state index contributed by atoms with van der Waals surface area (Å²) in [5, 5.41) is 0. The minimum Gasteiger partial charge on any atom is -0.463 e. The van der Waals surface area contributed by atoms with Gasteiger partial charge in [0.25, 0.3) is 0 Å². The lowest BCUT2D eigenvalue weighted by molar-refractivity contribution is -0.166. The molecule has 0 aromatic carbocycles. The zero-order valence-electron chi connectivity index (χ0n) is 51.4. The Morgan fingerprint density at radius 3 is 0.618 bits per heavy atom. The third kappa shape index (κ3) is 65.2. The number of hydrogen-bond acceptors (Lipinski definition) is 11. The van der Waals surface area contributed by atoms with E-state index >= 15 is 0 Å². The largest absolute Gasteiger partial charge is 0.463 e. The highest BCUT2D eigenvalue weighted by Crippen LogP contribution is 2.22. The summed E-state index contributed by atoms with van der Waals surface area (Å²) in [5.74, 6) is -0.106. The average molecular weight is 1080 g/mol. The lowest BCUT2D eigenvalue weighted by Gasteiger charge is -2.26. The second kappa shape index (κ2) is 59.5. The van der Waals surface area contributed by atoms with Gasteiger partial charge in [0.1, 0.15) is 41.8 Å². The van der Waals surface area contributed by atoms with E-state index in [-0.39, 0.29) is 54.1 Å². The summed E-state index contributed by atoms with van der Waals surface area (Å²) in [7, 11) is 0. The van der Waals surface area contributed by atoms with Crippen molar-refractivity contribution in [3.05, 3.63) is 0 Å². The molecule has 0 rings (SSSR count). The molecule has 448 valence electrons. The Bertz CT molecular complexity index is 1380. The third-order valence-corrected chi connectivity index (χ3v) is 13.9. The summed E-state index contributed by atoms with van der Waals surface area (Å²) >= 11 is 0. The van der Waals surface area contributed by atoms with E-state index in [4.69, 9.17) is 18.9 Å². The molecule has 11 heteroatoms. The topological polar surface area (TPSA) is 156 Å². The molecule has 0 saturated heterocycles. The van der Waals surface area contributed by atoms with Crippen molar-refractivity contribution in [3.63, 3.8) is 0 Å². The summed E-state index contributed by atoms with van der Waals surface area (Å²) in [6.07, 6.45) is 48.4. The van der Waals surface area contributed by atoms with Crippen molar-refractivity contribution in [1.29, 1.82) is 0 Å². The highest BCUT2D eigenvalue weighted by atomic mass is 16.6. The molecule has 0 aliphatic heterocycles. The molecule has 0 bridgehead atoms. The monoisotopic (exact) mass is 1080 g/mol. The fraction of sp³-hybridized carbons (Fsp3) is 0.892. The molecule has 0 aliphatic rings. The summed E-state index contributed by atoms with van der Waals surface area (Å²) in [6, 6.07) is 0.